The Morgan fingerprint density at radius 1 is 1.08 bits per heavy atom. The van der Waals surface area contributed by atoms with Gasteiger partial charge < -0.3 is 15.4 Å². The molecule has 1 aromatic carbocycles. The first-order valence-electron chi connectivity index (χ1n) is 8.23. The predicted octanol–water partition coefficient (Wildman–Crippen LogP) is 2.10. The van der Waals surface area contributed by atoms with Gasteiger partial charge in [0.2, 0.25) is 11.8 Å². The molecule has 2 unspecified atom stereocenters. The maximum absolute atomic E-state index is 12.7. The van der Waals surface area contributed by atoms with E-state index in [1.54, 1.807) is 19.1 Å². The van der Waals surface area contributed by atoms with Gasteiger partial charge in [0.1, 0.15) is 6.04 Å². The molecule has 0 fully saturated rings. The monoisotopic (exact) mass is 334 g/mol. The van der Waals surface area contributed by atoms with Crippen LogP contribution in [0.3, 0.4) is 0 Å². The SMILES string of the molecule is CCCC(CC(=O)OC)NC(=O)C(NC(=O)CC)c1ccccc1. The zero-order chi connectivity index (χ0) is 17.9. The van der Waals surface area contributed by atoms with Crippen molar-refractivity contribution in [2.24, 2.45) is 0 Å². The molecule has 6 nitrogen and oxygen atoms in total. The summed E-state index contributed by atoms with van der Waals surface area (Å²) in [5.74, 6) is -0.910. The highest BCUT2D eigenvalue weighted by atomic mass is 16.5. The van der Waals surface area contributed by atoms with E-state index >= 15 is 0 Å². The molecule has 24 heavy (non-hydrogen) atoms. The summed E-state index contributed by atoms with van der Waals surface area (Å²) in [4.78, 5) is 35.9. The van der Waals surface area contributed by atoms with Gasteiger partial charge in [-0.15, -0.1) is 0 Å². The van der Waals surface area contributed by atoms with E-state index in [1.807, 2.05) is 25.1 Å². The van der Waals surface area contributed by atoms with E-state index in [9.17, 15) is 14.4 Å². The number of ether oxygens (including phenoxy) is 1. The van der Waals surface area contributed by atoms with Crippen LogP contribution in [-0.2, 0) is 19.1 Å². The van der Waals surface area contributed by atoms with Crippen molar-refractivity contribution in [1.82, 2.24) is 10.6 Å². The van der Waals surface area contributed by atoms with Crippen molar-refractivity contribution >= 4 is 17.8 Å². The highest BCUT2D eigenvalue weighted by Crippen LogP contribution is 2.14. The average Bonchev–Trinajstić information content (AvgIpc) is 2.59. The van der Waals surface area contributed by atoms with Crippen molar-refractivity contribution in [2.75, 3.05) is 7.11 Å². The number of esters is 1. The number of benzene rings is 1. The van der Waals surface area contributed by atoms with E-state index in [4.69, 9.17) is 0 Å². The number of methoxy groups -OCH3 is 1. The van der Waals surface area contributed by atoms with Gasteiger partial charge in [0.25, 0.3) is 0 Å². The van der Waals surface area contributed by atoms with Crippen LogP contribution in [0.5, 0.6) is 0 Å². The fourth-order valence-electron chi connectivity index (χ4n) is 2.35. The minimum Gasteiger partial charge on any atom is -0.469 e. The summed E-state index contributed by atoms with van der Waals surface area (Å²) < 4.78 is 4.68. The second-order valence-corrected chi connectivity index (χ2v) is 5.54. The van der Waals surface area contributed by atoms with Crippen molar-refractivity contribution in [1.29, 1.82) is 0 Å². The van der Waals surface area contributed by atoms with Gasteiger partial charge in [-0.3, -0.25) is 14.4 Å². The van der Waals surface area contributed by atoms with E-state index in [2.05, 4.69) is 15.4 Å². The van der Waals surface area contributed by atoms with Gasteiger partial charge in [-0.05, 0) is 12.0 Å². The number of hydrogen-bond donors (Lipinski definition) is 2. The zero-order valence-corrected chi connectivity index (χ0v) is 14.5. The van der Waals surface area contributed by atoms with Gasteiger partial charge in [0.15, 0.2) is 0 Å². The summed E-state index contributed by atoms with van der Waals surface area (Å²) in [6.45, 7) is 3.70. The number of amides is 2. The van der Waals surface area contributed by atoms with E-state index in [0.717, 1.165) is 6.42 Å². The number of carbonyl (C=O) groups excluding carboxylic acids is 3. The third-order valence-corrected chi connectivity index (χ3v) is 3.65. The lowest BCUT2D eigenvalue weighted by molar-refractivity contribution is -0.141. The largest absolute Gasteiger partial charge is 0.469 e. The first kappa shape index (κ1) is 19.7. The molecule has 0 saturated heterocycles. The van der Waals surface area contributed by atoms with Gasteiger partial charge >= 0.3 is 5.97 Å². The van der Waals surface area contributed by atoms with Crippen LogP contribution >= 0.6 is 0 Å². The van der Waals surface area contributed by atoms with Crippen molar-refractivity contribution in [2.45, 2.75) is 51.6 Å². The van der Waals surface area contributed by atoms with Crippen molar-refractivity contribution in [3.63, 3.8) is 0 Å². The molecule has 6 heteroatoms. The number of rotatable bonds is 9. The molecular formula is C18H26N2O4. The van der Waals surface area contributed by atoms with Crippen LogP contribution in [0.1, 0.15) is 51.1 Å². The van der Waals surface area contributed by atoms with Crippen LogP contribution in [0.15, 0.2) is 30.3 Å². The summed E-state index contributed by atoms with van der Waals surface area (Å²) >= 11 is 0. The predicted molar refractivity (Wildman–Crippen MR) is 91.1 cm³/mol. The van der Waals surface area contributed by atoms with Gasteiger partial charge in [-0.25, -0.2) is 0 Å². The normalized spacial score (nSPS) is 12.8. The lowest BCUT2D eigenvalue weighted by Gasteiger charge is -2.23. The Bertz CT molecular complexity index is 545. The maximum atomic E-state index is 12.7. The highest BCUT2D eigenvalue weighted by molar-refractivity contribution is 5.89. The molecule has 0 saturated carbocycles. The maximum Gasteiger partial charge on any atom is 0.307 e. The summed E-state index contributed by atoms with van der Waals surface area (Å²) in [7, 11) is 1.32. The Hall–Kier alpha value is -2.37. The Balaban J connectivity index is 2.89. The smallest absolute Gasteiger partial charge is 0.307 e. The van der Waals surface area contributed by atoms with E-state index in [0.29, 0.717) is 12.0 Å². The molecule has 0 bridgehead atoms. The molecule has 2 amide bonds. The Kier molecular flexibility index (Phi) is 8.54. The summed E-state index contributed by atoms with van der Waals surface area (Å²) in [5.41, 5.74) is 0.699. The third kappa shape index (κ3) is 6.40. The second-order valence-electron chi connectivity index (χ2n) is 5.54. The Morgan fingerprint density at radius 2 is 1.75 bits per heavy atom. The van der Waals surface area contributed by atoms with Crippen molar-refractivity contribution in [3.05, 3.63) is 35.9 Å². The zero-order valence-electron chi connectivity index (χ0n) is 14.5. The Morgan fingerprint density at radius 3 is 2.29 bits per heavy atom. The second kappa shape index (κ2) is 10.4. The minimum absolute atomic E-state index is 0.110. The van der Waals surface area contributed by atoms with Gasteiger partial charge in [0, 0.05) is 12.5 Å². The number of hydrogen-bond acceptors (Lipinski definition) is 4. The lowest BCUT2D eigenvalue weighted by Crippen LogP contribution is -2.45. The first-order valence-corrected chi connectivity index (χ1v) is 8.23. The van der Waals surface area contributed by atoms with E-state index < -0.39 is 6.04 Å². The molecule has 0 radical (unpaired) electrons. The van der Waals surface area contributed by atoms with Crippen LogP contribution in [-0.4, -0.2) is 30.9 Å². The molecular weight excluding hydrogens is 308 g/mol. The number of nitrogens with one attached hydrogen (secondary N) is 2. The fourth-order valence-corrected chi connectivity index (χ4v) is 2.35. The topological polar surface area (TPSA) is 84.5 Å². The average molecular weight is 334 g/mol. The van der Waals surface area contributed by atoms with Gasteiger partial charge in [-0.2, -0.15) is 0 Å². The molecule has 1 aromatic rings. The lowest BCUT2D eigenvalue weighted by atomic mass is 10.0. The molecule has 0 aromatic heterocycles. The van der Waals surface area contributed by atoms with E-state index in [1.165, 1.54) is 7.11 Å². The van der Waals surface area contributed by atoms with Crippen LogP contribution in [0.25, 0.3) is 0 Å². The fraction of sp³-hybridized carbons (Fsp3) is 0.500. The van der Waals surface area contributed by atoms with Gasteiger partial charge in [0.05, 0.1) is 13.5 Å². The summed E-state index contributed by atoms with van der Waals surface area (Å²) in [6, 6.07) is 7.94. The summed E-state index contributed by atoms with van der Waals surface area (Å²) in [6.07, 6.45) is 1.87. The standard InChI is InChI=1S/C18H26N2O4/c1-4-9-14(12-16(22)24-3)19-18(23)17(20-15(21)5-2)13-10-7-6-8-11-13/h6-8,10-11,14,17H,4-5,9,12H2,1-3H3,(H,19,23)(H,20,21). The van der Waals surface area contributed by atoms with Gasteiger partial charge in [-0.1, -0.05) is 50.6 Å². The molecule has 2 atom stereocenters. The van der Waals surface area contributed by atoms with Crippen molar-refractivity contribution in [3.8, 4) is 0 Å². The molecule has 0 heterocycles. The van der Waals surface area contributed by atoms with Crippen LogP contribution < -0.4 is 10.6 Å². The molecule has 2 N–H and O–H groups in total. The molecule has 132 valence electrons. The highest BCUT2D eigenvalue weighted by Gasteiger charge is 2.25. The molecule has 1 rings (SSSR count). The third-order valence-electron chi connectivity index (χ3n) is 3.65. The number of carbonyl (C=O) groups is 3. The van der Waals surface area contributed by atoms with Crippen LogP contribution in [0, 0.1) is 0 Å². The molecule has 0 aliphatic heterocycles. The van der Waals surface area contributed by atoms with Crippen molar-refractivity contribution < 1.29 is 19.1 Å². The first-order chi connectivity index (χ1) is 11.5. The van der Waals surface area contributed by atoms with Crippen LogP contribution in [0.2, 0.25) is 0 Å². The van der Waals surface area contributed by atoms with Crippen LogP contribution in [0.4, 0.5) is 0 Å². The molecule has 0 aliphatic carbocycles. The quantitative estimate of drug-likeness (QED) is 0.677. The minimum atomic E-state index is -0.782. The molecule has 0 spiro atoms. The summed E-state index contributed by atoms with van der Waals surface area (Å²) in [5, 5.41) is 5.59. The Labute approximate surface area is 143 Å². The van der Waals surface area contributed by atoms with E-state index in [-0.39, 0.29) is 36.7 Å². The molecule has 0 aliphatic rings.